The Bertz CT molecular complexity index is 727. The lowest BCUT2D eigenvalue weighted by molar-refractivity contribution is -0.148. The molecule has 25 heavy (non-hydrogen) atoms. The number of hydrogen-bond acceptors (Lipinski definition) is 3. The maximum atomic E-state index is 12.8. The molecule has 0 spiro atoms. The average Bonchev–Trinajstić information content (AvgIpc) is 3.29. The second-order valence-electron chi connectivity index (χ2n) is 7.36. The van der Waals surface area contributed by atoms with Gasteiger partial charge in [0.1, 0.15) is 6.04 Å². The molecule has 4 rings (SSSR count). The van der Waals surface area contributed by atoms with E-state index in [-0.39, 0.29) is 47.4 Å². The fourth-order valence-corrected chi connectivity index (χ4v) is 4.58. The zero-order valence-corrected chi connectivity index (χ0v) is 14.4. The van der Waals surface area contributed by atoms with E-state index in [2.05, 4.69) is 17.5 Å². The summed E-state index contributed by atoms with van der Waals surface area (Å²) in [6.07, 6.45) is 5.01. The summed E-state index contributed by atoms with van der Waals surface area (Å²) in [7, 11) is 0. The van der Waals surface area contributed by atoms with E-state index in [9.17, 15) is 14.4 Å². The third-order valence-corrected chi connectivity index (χ3v) is 5.93. The summed E-state index contributed by atoms with van der Waals surface area (Å²) in [5, 5.41) is 2.92. The van der Waals surface area contributed by atoms with Crippen molar-refractivity contribution in [2.24, 2.45) is 23.7 Å². The SMILES string of the molecule is C[C@@H](NC(=O)[C@H](C)N1C(=O)[C@@H]2[C@H](C1=O)[C@H]1C=C[C@@H]2C1)c1ccccc1. The van der Waals surface area contributed by atoms with E-state index in [4.69, 9.17) is 0 Å². The lowest BCUT2D eigenvalue weighted by Gasteiger charge is -2.25. The summed E-state index contributed by atoms with van der Waals surface area (Å²) >= 11 is 0. The molecule has 3 amide bonds. The fraction of sp³-hybridized carbons (Fsp3) is 0.450. The lowest BCUT2D eigenvalue weighted by atomic mass is 9.85. The highest BCUT2D eigenvalue weighted by atomic mass is 16.2. The molecular formula is C20H22N2O3. The molecule has 0 unspecified atom stereocenters. The maximum absolute atomic E-state index is 12.8. The van der Waals surface area contributed by atoms with Gasteiger partial charge in [-0.2, -0.15) is 0 Å². The minimum atomic E-state index is -0.781. The molecule has 0 aromatic heterocycles. The number of hydrogen-bond donors (Lipinski definition) is 1. The van der Waals surface area contributed by atoms with Crippen molar-refractivity contribution in [2.75, 3.05) is 0 Å². The summed E-state index contributed by atoms with van der Waals surface area (Å²) in [6.45, 7) is 3.53. The van der Waals surface area contributed by atoms with E-state index in [1.807, 2.05) is 37.3 Å². The third kappa shape index (κ3) is 2.41. The summed E-state index contributed by atoms with van der Waals surface area (Å²) in [4.78, 5) is 39.4. The molecule has 1 N–H and O–H groups in total. The van der Waals surface area contributed by atoms with Crippen LogP contribution in [0.15, 0.2) is 42.5 Å². The van der Waals surface area contributed by atoms with Crippen LogP contribution in [0, 0.1) is 23.7 Å². The van der Waals surface area contributed by atoms with Crippen LogP contribution in [0.4, 0.5) is 0 Å². The molecule has 2 bridgehead atoms. The first-order valence-corrected chi connectivity index (χ1v) is 8.89. The predicted molar refractivity (Wildman–Crippen MR) is 92.0 cm³/mol. The van der Waals surface area contributed by atoms with Crippen molar-refractivity contribution in [2.45, 2.75) is 32.4 Å². The standard InChI is InChI=1S/C20H22N2O3/c1-11(13-6-4-3-5-7-13)21-18(23)12(2)22-19(24)16-14-8-9-15(10-14)17(16)20(22)25/h3-9,11-12,14-17H,10H2,1-2H3,(H,21,23)/t11-,12+,14-,15+,16+,17-/m1/s1. The van der Waals surface area contributed by atoms with Crippen LogP contribution in [0.5, 0.6) is 0 Å². The van der Waals surface area contributed by atoms with E-state index in [1.54, 1.807) is 6.92 Å². The first-order valence-electron chi connectivity index (χ1n) is 8.89. The van der Waals surface area contributed by atoms with Gasteiger partial charge in [0.2, 0.25) is 17.7 Å². The summed E-state index contributed by atoms with van der Waals surface area (Å²) in [6, 6.07) is 8.67. The maximum Gasteiger partial charge on any atom is 0.243 e. The number of allylic oxidation sites excluding steroid dienone is 2. The molecule has 1 heterocycles. The van der Waals surface area contributed by atoms with Crippen LogP contribution in [-0.2, 0) is 14.4 Å². The number of fused-ring (bicyclic) bond motifs is 5. The van der Waals surface area contributed by atoms with Gasteiger partial charge in [-0.25, -0.2) is 0 Å². The highest BCUT2D eigenvalue weighted by molar-refractivity contribution is 6.09. The number of nitrogens with zero attached hydrogens (tertiary/aromatic N) is 1. The summed E-state index contributed by atoms with van der Waals surface area (Å²) in [5.74, 6) is -0.847. The number of benzene rings is 1. The van der Waals surface area contributed by atoms with Crippen LogP contribution in [0.3, 0.4) is 0 Å². The molecule has 1 aromatic carbocycles. The molecule has 1 aliphatic heterocycles. The molecule has 3 aliphatic rings. The fourth-order valence-electron chi connectivity index (χ4n) is 4.58. The molecule has 5 heteroatoms. The number of imide groups is 1. The van der Waals surface area contributed by atoms with Gasteiger partial charge in [0.05, 0.1) is 17.9 Å². The molecule has 1 saturated heterocycles. The minimum absolute atomic E-state index is 0.162. The topological polar surface area (TPSA) is 66.5 Å². The molecule has 130 valence electrons. The average molecular weight is 338 g/mol. The summed E-state index contributed by atoms with van der Waals surface area (Å²) in [5.41, 5.74) is 0.987. The van der Waals surface area contributed by atoms with Gasteiger partial charge in [0.15, 0.2) is 0 Å². The van der Waals surface area contributed by atoms with Crippen molar-refractivity contribution in [1.82, 2.24) is 10.2 Å². The van der Waals surface area contributed by atoms with Crippen LogP contribution in [0.25, 0.3) is 0 Å². The Labute approximate surface area is 147 Å². The van der Waals surface area contributed by atoms with Gasteiger partial charge < -0.3 is 5.32 Å². The molecule has 1 saturated carbocycles. The van der Waals surface area contributed by atoms with Crippen molar-refractivity contribution in [3.63, 3.8) is 0 Å². The number of amides is 3. The highest BCUT2D eigenvalue weighted by Crippen LogP contribution is 2.52. The molecule has 2 fully saturated rings. The highest BCUT2D eigenvalue weighted by Gasteiger charge is 2.60. The van der Waals surface area contributed by atoms with Crippen LogP contribution < -0.4 is 5.32 Å². The zero-order chi connectivity index (χ0) is 17.7. The molecule has 5 nitrogen and oxygen atoms in total. The number of nitrogens with one attached hydrogen (secondary N) is 1. The zero-order valence-electron chi connectivity index (χ0n) is 14.4. The van der Waals surface area contributed by atoms with Gasteiger partial charge in [0.25, 0.3) is 0 Å². The Morgan fingerprint density at radius 1 is 1.04 bits per heavy atom. The number of rotatable bonds is 4. The van der Waals surface area contributed by atoms with Gasteiger partial charge in [-0.05, 0) is 37.7 Å². The van der Waals surface area contributed by atoms with Crippen molar-refractivity contribution in [1.29, 1.82) is 0 Å². The molecule has 0 radical (unpaired) electrons. The van der Waals surface area contributed by atoms with Gasteiger partial charge in [-0.3, -0.25) is 19.3 Å². The number of carbonyl (C=O) groups is 3. The first-order chi connectivity index (χ1) is 12.0. The van der Waals surface area contributed by atoms with Gasteiger partial charge >= 0.3 is 0 Å². The van der Waals surface area contributed by atoms with E-state index >= 15 is 0 Å². The first kappa shape index (κ1) is 16.1. The van der Waals surface area contributed by atoms with Crippen molar-refractivity contribution in [3.05, 3.63) is 48.0 Å². The number of likely N-dealkylation sites (tertiary alicyclic amines) is 1. The smallest absolute Gasteiger partial charge is 0.243 e. The quantitative estimate of drug-likeness (QED) is 0.675. The second-order valence-corrected chi connectivity index (χ2v) is 7.36. The predicted octanol–water partition coefficient (Wildman–Crippen LogP) is 2.06. The summed E-state index contributed by atoms with van der Waals surface area (Å²) < 4.78 is 0. The largest absolute Gasteiger partial charge is 0.348 e. The molecule has 6 atom stereocenters. The molecule has 1 aromatic rings. The van der Waals surface area contributed by atoms with E-state index in [0.717, 1.165) is 12.0 Å². The monoisotopic (exact) mass is 338 g/mol. The molecule has 2 aliphatic carbocycles. The van der Waals surface area contributed by atoms with Crippen LogP contribution in [-0.4, -0.2) is 28.7 Å². The van der Waals surface area contributed by atoms with Crippen molar-refractivity contribution >= 4 is 17.7 Å². The van der Waals surface area contributed by atoms with Crippen molar-refractivity contribution in [3.8, 4) is 0 Å². The Hall–Kier alpha value is -2.43. The van der Waals surface area contributed by atoms with Gasteiger partial charge in [0, 0.05) is 0 Å². The Morgan fingerprint density at radius 2 is 1.60 bits per heavy atom. The van der Waals surface area contributed by atoms with E-state index in [0.29, 0.717) is 0 Å². The van der Waals surface area contributed by atoms with E-state index in [1.165, 1.54) is 4.90 Å². The van der Waals surface area contributed by atoms with E-state index < -0.39 is 6.04 Å². The van der Waals surface area contributed by atoms with Gasteiger partial charge in [-0.15, -0.1) is 0 Å². The lowest BCUT2D eigenvalue weighted by Crippen LogP contribution is -2.49. The minimum Gasteiger partial charge on any atom is -0.348 e. The third-order valence-electron chi connectivity index (χ3n) is 5.93. The normalized spacial score (nSPS) is 32.0. The Morgan fingerprint density at radius 3 is 2.16 bits per heavy atom. The number of carbonyl (C=O) groups excluding carboxylic acids is 3. The molecular weight excluding hydrogens is 316 g/mol. The van der Waals surface area contributed by atoms with Crippen LogP contribution in [0.1, 0.15) is 31.9 Å². The van der Waals surface area contributed by atoms with Gasteiger partial charge in [-0.1, -0.05) is 42.5 Å². The Kier molecular flexibility index (Phi) is 3.74. The second kappa shape index (κ2) is 5.83. The van der Waals surface area contributed by atoms with Crippen LogP contribution >= 0.6 is 0 Å². The van der Waals surface area contributed by atoms with Crippen molar-refractivity contribution < 1.29 is 14.4 Å². The van der Waals surface area contributed by atoms with Crippen LogP contribution in [0.2, 0.25) is 0 Å². The Balaban J connectivity index is 1.48.